The number of aromatic nitrogens is 3. The van der Waals surface area contributed by atoms with E-state index in [1.54, 1.807) is 17.8 Å². The zero-order valence-electron chi connectivity index (χ0n) is 9.37. The van der Waals surface area contributed by atoms with Crippen LogP contribution in [0.1, 0.15) is 26.3 Å². The summed E-state index contributed by atoms with van der Waals surface area (Å²) in [5, 5.41) is 7.84. The van der Waals surface area contributed by atoms with E-state index in [0.717, 1.165) is 11.0 Å². The summed E-state index contributed by atoms with van der Waals surface area (Å²) in [6.45, 7) is 5.94. The first-order chi connectivity index (χ1) is 6.89. The van der Waals surface area contributed by atoms with Crippen LogP contribution in [-0.2, 0) is 12.5 Å². The quantitative estimate of drug-likeness (QED) is 0.664. The van der Waals surface area contributed by atoms with Crippen LogP contribution in [0.4, 0.5) is 4.39 Å². The first-order valence-corrected chi connectivity index (χ1v) is 4.89. The molecule has 0 radical (unpaired) electrons. The largest absolute Gasteiger partial charge is 0.248 e. The summed E-state index contributed by atoms with van der Waals surface area (Å²) in [7, 11) is 1.76. The molecule has 0 aliphatic carbocycles. The van der Waals surface area contributed by atoms with Crippen molar-refractivity contribution in [3.05, 3.63) is 23.5 Å². The normalized spacial score (nSPS) is 12.3. The Morgan fingerprint density at radius 2 is 1.93 bits per heavy atom. The Balaban J connectivity index is 2.74. The van der Waals surface area contributed by atoms with Gasteiger partial charge >= 0.3 is 0 Å². The van der Waals surface area contributed by atoms with Crippen molar-refractivity contribution in [1.29, 1.82) is 0 Å². The van der Waals surface area contributed by atoms with Crippen LogP contribution in [0, 0.1) is 5.82 Å². The molecule has 0 fully saturated rings. The fourth-order valence-electron chi connectivity index (χ4n) is 1.63. The molecule has 0 saturated carbocycles. The van der Waals surface area contributed by atoms with E-state index >= 15 is 0 Å². The number of halogens is 1. The van der Waals surface area contributed by atoms with Crippen molar-refractivity contribution >= 4 is 11.0 Å². The minimum Gasteiger partial charge on any atom is -0.248 e. The lowest BCUT2D eigenvalue weighted by atomic mass is 9.86. The second kappa shape index (κ2) is 3.02. The number of aryl methyl sites for hydroxylation is 1. The second-order valence-electron chi connectivity index (χ2n) is 4.78. The molecule has 4 heteroatoms. The molecule has 0 amide bonds. The third-order valence-corrected chi connectivity index (χ3v) is 2.51. The van der Waals surface area contributed by atoms with E-state index in [0.29, 0.717) is 5.56 Å². The standard InChI is InChI=1S/C11H14FN3/c1-11(2,3)7-5-9-10(6-8(7)12)15(4)14-13-9/h5-6H,1-4H3. The van der Waals surface area contributed by atoms with Gasteiger partial charge in [0, 0.05) is 13.1 Å². The van der Waals surface area contributed by atoms with Crippen LogP contribution in [0.25, 0.3) is 11.0 Å². The first-order valence-electron chi connectivity index (χ1n) is 4.89. The van der Waals surface area contributed by atoms with Gasteiger partial charge in [0.15, 0.2) is 0 Å². The Bertz CT molecular complexity index is 508. The number of rotatable bonds is 0. The van der Waals surface area contributed by atoms with Crippen LogP contribution in [0.3, 0.4) is 0 Å². The molecule has 0 bridgehead atoms. The van der Waals surface area contributed by atoms with Gasteiger partial charge in [-0.2, -0.15) is 0 Å². The Labute approximate surface area is 87.9 Å². The Kier molecular flexibility index (Phi) is 2.03. The second-order valence-corrected chi connectivity index (χ2v) is 4.78. The maximum Gasteiger partial charge on any atom is 0.129 e. The Hall–Kier alpha value is -1.45. The molecule has 0 atom stereocenters. The highest BCUT2D eigenvalue weighted by Gasteiger charge is 2.20. The zero-order valence-corrected chi connectivity index (χ0v) is 9.37. The number of benzene rings is 1. The Morgan fingerprint density at radius 1 is 1.27 bits per heavy atom. The number of fused-ring (bicyclic) bond motifs is 1. The summed E-state index contributed by atoms with van der Waals surface area (Å²) in [4.78, 5) is 0. The summed E-state index contributed by atoms with van der Waals surface area (Å²) >= 11 is 0. The van der Waals surface area contributed by atoms with Gasteiger partial charge in [-0.1, -0.05) is 26.0 Å². The van der Waals surface area contributed by atoms with Gasteiger partial charge in [0.25, 0.3) is 0 Å². The van der Waals surface area contributed by atoms with E-state index in [-0.39, 0.29) is 11.2 Å². The van der Waals surface area contributed by atoms with Crippen LogP contribution in [0.2, 0.25) is 0 Å². The van der Waals surface area contributed by atoms with Gasteiger partial charge in [0.1, 0.15) is 11.3 Å². The highest BCUT2D eigenvalue weighted by Crippen LogP contribution is 2.27. The van der Waals surface area contributed by atoms with Crippen LogP contribution in [0.15, 0.2) is 12.1 Å². The van der Waals surface area contributed by atoms with E-state index in [1.165, 1.54) is 6.07 Å². The fraction of sp³-hybridized carbons (Fsp3) is 0.455. The number of nitrogens with zero attached hydrogens (tertiary/aromatic N) is 3. The van der Waals surface area contributed by atoms with Crippen LogP contribution < -0.4 is 0 Å². The van der Waals surface area contributed by atoms with Crippen molar-refractivity contribution in [2.24, 2.45) is 7.05 Å². The maximum absolute atomic E-state index is 13.8. The van der Waals surface area contributed by atoms with Gasteiger partial charge in [0.2, 0.25) is 0 Å². The molecule has 1 aromatic heterocycles. The van der Waals surface area contributed by atoms with Gasteiger partial charge in [0.05, 0.1) is 5.52 Å². The molecule has 2 rings (SSSR count). The molecule has 15 heavy (non-hydrogen) atoms. The molecule has 0 aliphatic heterocycles. The van der Waals surface area contributed by atoms with Gasteiger partial charge < -0.3 is 0 Å². The molecule has 3 nitrogen and oxygen atoms in total. The molecule has 0 saturated heterocycles. The number of hydrogen-bond acceptors (Lipinski definition) is 2. The molecule has 0 aliphatic rings. The summed E-state index contributed by atoms with van der Waals surface area (Å²) in [6, 6.07) is 3.27. The average Bonchev–Trinajstić information content (AvgIpc) is 2.45. The lowest BCUT2D eigenvalue weighted by molar-refractivity contribution is 0.524. The van der Waals surface area contributed by atoms with Crippen molar-refractivity contribution in [3.8, 4) is 0 Å². The third kappa shape index (κ3) is 1.60. The SMILES string of the molecule is Cn1nnc2cc(C(C)(C)C)c(F)cc21. The van der Waals surface area contributed by atoms with Gasteiger partial charge in [-0.3, -0.25) is 0 Å². The van der Waals surface area contributed by atoms with Crippen molar-refractivity contribution in [2.75, 3.05) is 0 Å². The van der Waals surface area contributed by atoms with Gasteiger partial charge in [-0.05, 0) is 17.0 Å². The summed E-state index contributed by atoms with van der Waals surface area (Å²) < 4.78 is 15.4. The first kappa shape index (κ1) is 10.1. The average molecular weight is 207 g/mol. The van der Waals surface area contributed by atoms with Gasteiger partial charge in [-0.25, -0.2) is 9.07 Å². The van der Waals surface area contributed by atoms with Crippen molar-refractivity contribution in [1.82, 2.24) is 15.0 Å². The Morgan fingerprint density at radius 3 is 2.53 bits per heavy atom. The van der Waals surface area contributed by atoms with E-state index in [1.807, 2.05) is 20.8 Å². The highest BCUT2D eigenvalue weighted by atomic mass is 19.1. The van der Waals surface area contributed by atoms with Crippen molar-refractivity contribution in [3.63, 3.8) is 0 Å². The molecule has 0 spiro atoms. The van der Waals surface area contributed by atoms with Crippen molar-refractivity contribution < 1.29 is 4.39 Å². The summed E-state index contributed by atoms with van der Waals surface area (Å²) in [5.74, 6) is -0.194. The van der Waals surface area contributed by atoms with Crippen LogP contribution in [-0.4, -0.2) is 15.0 Å². The minimum atomic E-state index is -0.213. The monoisotopic (exact) mass is 207 g/mol. The molecule has 1 aromatic carbocycles. The van der Waals surface area contributed by atoms with Gasteiger partial charge in [-0.15, -0.1) is 5.10 Å². The van der Waals surface area contributed by atoms with E-state index in [4.69, 9.17) is 0 Å². The number of hydrogen-bond donors (Lipinski definition) is 0. The third-order valence-electron chi connectivity index (χ3n) is 2.51. The smallest absolute Gasteiger partial charge is 0.129 e. The molecule has 0 unspecified atom stereocenters. The van der Waals surface area contributed by atoms with Crippen LogP contribution in [0.5, 0.6) is 0 Å². The maximum atomic E-state index is 13.8. The predicted molar refractivity (Wildman–Crippen MR) is 57.2 cm³/mol. The van der Waals surface area contributed by atoms with E-state index in [9.17, 15) is 4.39 Å². The molecular formula is C11H14FN3. The van der Waals surface area contributed by atoms with E-state index in [2.05, 4.69) is 10.3 Å². The molecule has 0 N–H and O–H groups in total. The minimum absolute atomic E-state index is 0.194. The van der Waals surface area contributed by atoms with E-state index < -0.39 is 0 Å². The predicted octanol–water partition coefficient (Wildman–Crippen LogP) is 2.40. The molecule has 1 heterocycles. The summed E-state index contributed by atoms with van der Waals surface area (Å²) in [5.41, 5.74) is 1.93. The summed E-state index contributed by atoms with van der Waals surface area (Å²) in [6.07, 6.45) is 0. The van der Waals surface area contributed by atoms with Crippen LogP contribution >= 0.6 is 0 Å². The van der Waals surface area contributed by atoms with Crippen molar-refractivity contribution in [2.45, 2.75) is 26.2 Å². The molecule has 2 aromatic rings. The topological polar surface area (TPSA) is 30.7 Å². The lowest BCUT2D eigenvalue weighted by Crippen LogP contribution is -2.13. The highest BCUT2D eigenvalue weighted by molar-refractivity contribution is 5.75. The fourth-order valence-corrected chi connectivity index (χ4v) is 1.63. The molecule has 80 valence electrons. The zero-order chi connectivity index (χ0) is 11.2. The lowest BCUT2D eigenvalue weighted by Gasteiger charge is -2.19. The molecular weight excluding hydrogens is 193 g/mol.